The van der Waals surface area contributed by atoms with Crippen LogP contribution in [0, 0.1) is 0 Å². The van der Waals surface area contributed by atoms with E-state index in [1.54, 1.807) is 0 Å². The summed E-state index contributed by atoms with van der Waals surface area (Å²) in [4.78, 5) is 0. The number of hydrogen-bond donors (Lipinski definition) is 1. The molecule has 0 aliphatic rings. The Morgan fingerprint density at radius 2 is 2.38 bits per heavy atom. The predicted molar refractivity (Wildman–Crippen MR) is 42.0 cm³/mol. The summed E-state index contributed by atoms with van der Waals surface area (Å²) in [5, 5.41) is 0. The van der Waals surface area contributed by atoms with E-state index >= 15 is 0 Å². The van der Waals surface area contributed by atoms with Crippen LogP contribution in [-0.2, 0) is 0 Å². The Kier molecular flexibility index (Phi) is 5.66. The molecular weight excluding hydrogens is 142 g/mol. The van der Waals surface area contributed by atoms with Crippen molar-refractivity contribution in [1.29, 1.82) is 0 Å². The lowest BCUT2D eigenvalue weighted by atomic mass is 10.2. The Hall–Kier alpha value is 0.310. The minimum atomic E-state index is 0.906. The van der Waals surface area contributed by atoms with Gasteiger partial charge in [0.2, 0.25) is 0 Å². The maximum Gasteiger partial charge on any atom is 0.0364 e. The standard InChI is InChI=1S/C5H10ClNS/c1-5(7-6)3-2-4-8/h8H,2-4H2,1H3. The molecule has 0 aromatic heterocycles. The van der Waals surface area contributed by atoms with Crippen molar-refractivity contribution in [3.05, 3.63) is 0 Å². The molecule has 0 spiro atoms. The molecule has 0 fully saturated rings. The smallest absolute Gasteiger partial charge is 0.0364 e. The molecular formula is C5H10ClNS. The molecule has 0 heterocycles. The topological polar surface area (TPSA) is 12.4 Å². The molecule has 0 saturated heterocycles. The van der Waals surface area contributed by atoms with E-state index in [0.29, 0.717) is 0 Å². The Labute approximate surface area is 60.7 Å². The molecule has 0 amide bonds. The first-order chi connectivity index (χ1) is 3.81. The predicted octanol–water partition coefficient (Wildman–Crippen LogP) is 2.31. The lowest BCUT2D eigenvalue weighted by Gasteiger charge is -1.91. The normalized spacial score (nSPS) is 12.1. The van der Waals surface area contributed by atoms with Crippen LogP contribution in [0.25, 0.3) is 0 Å². The third-order valence-electron chi connectivity index (χ3n) is 0.841. The van der Waals surface area contributed by atoms with E-state index in [2.05, 4.69) is 17.1 Å². The average Bonchev–Trinajstić information content (AvgIpc) is 1.83. The number of thiol groups is 1. The fraction of sp³-hybridized carbons (Fsp3) is 0.800. The second kappa shape index (κ2) is 5.45. The Morgan fingerprint density at radius 1 is 1.75 bits per heavy atom. The van der Waals surface area contributed by atoms with Gasteiger partial charge in [0.05, 0.1) is 0 Å². The third-order valence-corrected chi connectivity index (χ3v) is 1.45. The van der Waals surface area contributed by atoms with Gasteiger partial charge in [-0.15, -0.1) is 0 Å². The Balaban J connectivity index is 3.12. The Bertz CT molecular complexity index is 82.5. The Morgan fingerprint density at radius 3 is 2.75 bits per heavy atom. The van der Waals surface area contributed by atoms with Gasteiger partial charge in [0.25, 0.3) is 0 Å². The van der Waals surface area contributed by atoms with E-state index in [-0.39, 0.29) is 0 Å². The first-order valence-electron chi connectivity index (χ1n) is 2.56. The second-order valence-corrected chi connectivity index (χ2v) is 2.26. The van der Waals surface area contributed by atoms with Crippen molar-refractivity contribution in [1.82, 2.24) is 0 Å². The quantitative estimate of drug-likeness (QED) is 0.470. The van der Waals surface area contributed by atoms with Gasteiger partial charge in [-0.25, -0.2) is 0 Å². The zero-order valence-corrected chi connectivity index (χ0v) is 6.54. The van der Waals surface area contributed by atoms with Crippen molar-refractivity contribution in [3.8, 4) is 0 Å². The molecule has 0 saturated carbocycles. The van der Waals surface area contributed by atoms with Crippen LogP contribution in [0.2, 0.25) is 0 Å². The van der Waals surface area contributed by atoms with E-state index in [1.165, 1.54) is 0 Å². The lowest BCUT2D eigenvalue weighted by molar-refractivity contribution is 1.01. The van der Waals surface area contributed by atoms with Gasteiger partial charge in [-0.3, -0.25) is 0 Å². The summed E-state index contributed by atoms with van der Waals surface area (Å²) in [6.45, 7) is 1.91. The zero-order chi connectivity index (χ0) is 6.41. The second-order valence-electron chi connectivity index (χ2n) is 1.65. The molecule has 0 radical (unpaired) electrons. The molecule has 0 N–H and O–H groups in total. The van der Waals surface area contributed by atoms with Crippen LogP contribution < -0.4 is 0 Å². The SMILES string of the molecule is CC(CCCS)=NCl. The molecule has 0 atom stereocenters. The maximum atomic E-state index is 5.15. The van der Waals surface area contributed by atoms with E-state index < -0.39 is 0 Å². The largest absolute Gasteiger partial charge is 0.187 e. The molecule has 0 aromatic carbocycles. The monoisotopic (exact) mass is 151 g/mol. The van der Waals surface area contributed by atoms with Crippen LogP contribution in [0.5, 0.6) is 0 Å². The summed E-state index contributed by atoms with van der Waals surface area (Å²) in [6, 6.07) is 0. The number of hydrogen-bond acceptors (Lipinski definition) is 2. The van der Waals surface area contributed by atoms with Crippen molar-refractivity contribution in [2.45, 2.75) is 19.8 Å². The fourth-order valence-corrected chi connectivity index (χ4v) is 0.620. The van der Waals surface area contributed by atoms with E-state index in [0.717, 1.165) is 24.3 Å². The summed E-state index contributed by atoms with van der Waals surface area (Å²) in [7, 11) is 0. The van der Waals surface area contributed by atoms with Crippen LogP contribution in [0.15, 0.2) is 4.51 Å². The maximum absolute atomic E-state index is 5.15. The highest BCUT2D eigenvalue weighted by atomic mass is 35.5. The van der Waals surface area contributed by atoms with E-state index in [4.69, 9.17) is 11.8 Å². The van der Waals surface area contributed by atoms with E-state index in [1.807, 2.05) is 6.92 Å². The highest BCUT2D eigenvalue weighted by Crippen LogP contribution is 1.95. The van der Waals surface area contributed by atoms with Gasteiger partial charge in [0.1, 0.15) is 0 Å². The number of halogens is 1. The van der Waals surface area contributed by atoms with Gasteiger partial charge in [-0.05, 0) is 25.5 Å². The minimum absolute atomic E-state index is 0.906. The van der Waals surface area contributed by atoms with Gasteiger partial charge in [-0.1, -0.05) is 0 Å². The van der Waals surface area contributed by atoms with Crippen LogP contribution in [0.3, 0.4) is 0 Å². The van der Waals surface area contributed by atoms with Crippen LogP contribution in [-0.4, -0.2) is 11.5 Å². The van der Waals surface area contributed by atoms with Gasteiger partial charge >= 0.3 is 0 Å². The van der Waals surface area contributed by atoms with Gasteiger partial charge < -0.3 is 0 Å². The van der Waals surface area contributed by atoms with Gasteiger partial charge in [0.15, 0.2) is 0 Å². The summed E-state index contributed by atoms with van der Waals surface area (Å²) >= 11 is 9.19. The zero-order valence-electron chi connectivity index (χ0n) is 4.89. The van der Waals surface area contributed by atoms with Gasteiger partial charge in [0, 0.05) is 17.5 Å². The summed E-state index contributed by atoms with van der Waals surface area (Å²) in [5.41, 5.74) is 0.987. The molecule has 0 rings (SSSR count). The molecule has 0 unspecified atom stereocenters. The van der Waals surface area contributed by atoms with E-state index in [9.17, 15) is 0 Å². The molecule has 8 heavy (non-hydrogen) atoms. The molecule has 48 valence electrons. The van der Waals surface area contributed by atoms with Crippen molar-refractivity contribution in [2.75, 3.05) is 5.75 Å². The summed E-state index contributed by atoms with van der Waals surface area (Å²) in [6.07, 6.45) is 2.03. The third kappa shape index (κ3) is 4.47. The fourth-order valence-electron chi connectivity index (χ4n) is 0.377. The minimum Gasteiger partial charge on any atom is -0.187 e. The molecule has 0 aliphatic carbocycles. The average molecular weight is 152 g/mol. The first kappa shape index (κ1) is 8.31. The molecule has 3 heteroatoms. The number of rotatable bonds is 3. The highest BCUT2D eigenvalue weighted by molar-refractivity contribution is 7.80. The van der Waals surface area contributed by atoms with Crippen LogP contribution in [0.4, 0.5) is 0 Å². The lowest BCUT2D eigenvalue weighted by Crippen LogP contribution is -1.88. The van der Waals surface area contributed by atoms with Crippen molar-refractivity contribution < 1.29 is 0 Å². The van der Waals surface area contributed by atoms with Crippen LogP contribution >= 0.6 is 24.4 Å². The highest BCUT2D eigenvalue weighted by Gasteiger charge is 1.87. The molecule has 0 bridgehead atoms. The van der Waals surface area contributed by atoms with Gasteiger partial charge in [-0.2, -0.15) is 17.1 Å². The summed E-state index contributed by atoms with van der Waals surface area (Å²) in [5.74, 6) is 0.906. The number of nitrogens with zero attached hydrogens (tertiary/aromatic N) is 1. The first-order valence-corrected chi connectivity index (χ1v) is 3.53. The van der Waals surface area contributed by atoms with Crippen molar-refractivity contribution >= 4 is 30.1 Å². The van der Waals surface area contributed by atoms with Crippen LogP contribution in [0.1, 0.15) is 19.8 Å². The molecule has 1 nitrogen and oxygen atoms in total. The molecule has 0 aromatic rings. The van der Waals surface area contributed by atoms with Crippen molar-refractivity contribution in [3.63, 3.8) is 0 Å². The van der Waals surface area contributed by atoms with Crippen molar-refractivity contribution in [2.24, 2.45) is 4.51 Å². The molecule has 0 aliphatic heterocycles. The summed E-state index contributed by atoms with van der Waals surface area (Å²) < 4.78 is 3.48.